The van der Waals surface area contributed by atoms with Crippen LogP contribution >= 0.6 is 11.8 Å². The van der Waals surface area contributed by atoms with Crippen LogP contribution in [-0.4, -0.2) is 74.7 Å². The lowest BCUT2D eigenvalue weighted by molar-refractivity contribution is -0.119. The van der Waals surface area contributed by atoms with E-state index in [2.05, 4.69) is 25.3 Å². The van der Waals surface area contributed by atoms with Crippen molar-refractivity contribution >= 4 is 28.7 Å². The van der Waals surface area contributed by atoms with Crippen LogP contribution < -0.4 is 5.32 Å². The predicted octanol–water partition coefficient (Wildman–Crippen LogP) is 3.20. The maximum atomic E-state index is 13.3. The maximum absolute atomic E-state index is 13.3. The fourth-order valence-electron chi connectivity index (χ4n) is 5.01. The van der Waals surface area contributed by atoms with Gasteiger partial charge in [0.25, 0.3) is 0 Å². The van der Waals surface area contributed by atoms with E-state index in [4.69, 9.17) is 4.74 Å². The van der Waals surface area contributed by atoms with Crippen LogP contribution in [0, 0.1) is 5.82 Å². The van der Waals surface area contributed by atoms with Gasteiger partial charge in [-0.15, -0.1) is 0 Å². The number of hydrogen-bond donors (Lipinski definition) is 1. The van der Waals surface area contributed by atoms with Crippen molar-refractivity contribution in [1.29, 1.82) is 0 Å². The summed E-state index contributed by atoms with van der Waals surface area (Å²) >= 11 is 1.38. The second-order valence-corrected chi connectivity index (χ2v) is 9.86. The second kappa shape index (κ2) is 10.4. The second-order valence-electron chi connectivity index (χ2n) is 8.90. The molecule has 2 fully saturated rings. The molecule has 1 aliphatic heterocycles. The molecule has 2 aromatic heterocycles. The molecule has 2 aliphatic rings. The molecule has 1 saturated carbocycles. The molecule has 0 spiro atoms. The number of amides is 1. The van der Waals surface area contributed by atoms with E-state index < -0.39 is 0 Å². The number of morpholine rings is 1. The van der Waals surface area contributed by atoms with Crippen molar-refractivity contribution in [1.82, 2.24) is 30.0 Å². The van der Waals surface area contributed by atoms with Crippen LogP contribution in [0.2, 0.25) is 0 Å². The van der Waals surface area contributed by atoms with Crippen molar-refractivity contribution in [2.75, 3.05) is 38.6 Å². The molecule has 1 N–H and O–H groups in total. The highest BCUT2D eigenvalue weighted by Gasteiger charge is 2.38. The zero-order valence-electron chi connectivity index (χ0n) is 19.1. The number of benzene rings is 1. The third-order valence-electron chi connectivity index (χ3n) is 6.82. The minimum absolute atomic E-state index is 0.000830. The third-order valence-corrected chi connectivity index (χ3v) is 7.83. The van der Waals surface area contributed by atoms with Crippen LogP contribution in [0.25, 0.3) is 16.7 Å². The molecule has 0 bridgehead atoms. The molecule has 0 unspecified atom stereocenters. The third kappa shape index (κ3) is 4.94. The Morgan fingerprint density at radius 3 is 2.65 bits per heavy atom. The number of nitrogens with zero attached hydrogens (tertiary/aromatic N) is 5. The molecular weight excluding hydrogens is 455 g/mol. The summed E-state index contributed by atoms with van der Waals surface area (Å²) in [4.78, 5) is 24.1. The molecule has 3 heterocycles. The number of fused-ring (bicyclic) bond motifs is 1. The molecule has 1 aromatic carbocycles. The topological polar surface area (TPSA) is 85.2 Å². The Hall–Kier alpha value is -2.56. The molecule has 180 valence electrons. The van der Waals surface area contributed by atoms with Gasteiger partial charge in [0.1, 0.15) is 17.2 Å². The van der Waals surface area contributed by atoms with Crippen LogP contribution in [0.5, 0.6) is 0 Å². The number of carbonyl (C=O) groups excluding carboxylic acids is 1. The number of ether oxygens (including phenoxy) is 1. The van der Waals surface area contributed by atoms with Crippen LogP contribution in [0.1, 0.15) is 32.1 Å². The summed E-state index contributed by atoms with van der Waals surface area (Å²) in [7, 11) is 0. The molecule has 8 nitrogen and oxygen atoms in total. The first-order valence-corrected chi connectivity index (χ1v) is 12.8. The SMILES string of the molecule is O=C(CSc1ncnc2c1cnn2-c1ccc(F)cc1)NCC1(N2CCOCC2)CCCCC1. The monoisotopic (exact) mass is 484 g/mol. The summed E-state index contributed by atoms with van der Waals surface area (Å²) < 4.78 is 20.5. The Kier molecular flexibility index (Phi) is 7.07. The lowest BCUT2D eigenvalue weighted by Gasteiger charge is -2.48. The van der Waals surface area contributed by atoms with Gasteiger partial charge in [-0.1, -0.05) is 31.0 Å². The van der Waals surface area contributed by atoms with E-state index in [1.165, 1.54) is 49.5 Å². The predicted molar refractivity (Wildman–Crippen MR) is 129 cm³/mol. The van der Waals surface area contributed by atoms with E-state index in [0.29, 0.717) is 22.9 Å². The molecule has 10 heteroatoms. The van der Waals surface area contributed by atoms with E-state index >= 15 is 0 Å². The van der Waals surface area contributed by atoms with Gasteiger partial charge >= 0.3 is 0 Å². The number of thioether (sulfide) groups is 1. The van der Waals surface area contributed by atoms with Gasteiger partial charge in [-0.25, -0.2) is 19.0 Å². The number of carbonyl (C=O) groups is 1. The molecular formula is C24H29FN6O2S. The first-order valence-electron chi connectivity index (χ1n) is 11.8. The molecule has 1 aliphatic carbocycles. The number of rotatable bonds is 7. The largest absolute Gasteiger partial charge is 0.379 e. The Morgan fingerprint density at radius 2 is 1.88 bits per heavy atom. The van der Waals surface area contributed by atoms with Crippen molar-refractivity contribution < 1.29 is 13.9 Å². The highest BCUT2D eigenvalue weighted by Crippen LogP contribution is 2.34. The van der Waals surface area contributed by atoms with E-state index in [1.807, 2.05) is 0 Å². The molecule has 1 amide bonds. The van der Waals surface area contributed by atoms with Crippen LogP contribution in [0.3, 0.4) is 0 Å². The zero-order chi connectivity index (χ0) is 23.4. The Bertz CT molecular complexity index is 1130. The summed E-state index contributed by atoms with van der Waals surface area (Å²) in [6.07, 6.45) is 9.09. The molecule has 3 aromatic rings. The fourth-order valence-corrected chi connectivity index (χ4v) is 5.80. The van der Waals surface area contributed by atoms with E-state index in [9.17, 15) is 9.18 Å². The van der Waals surface area contributed by atoms with Gasteiger partial charge in [0, 0.05) is 25.2 Å². The molecule has 0 radical (unpaired) electrons. The standard InChI is InChI=1S/C24H29FN6O2S/c25-18-4-6-19(7-5-18)31-22-20(14-29-31)23(28-17-27-22)34-15-21(32)26-16-24(8-2-1-3-9-24)30-10-12-33-13-11-30/h4-7,14,17H,1-3,8-13,15-16H2,(H,26,32). The van der Waals surface area contributed by atoms with Crippen molar-refractivity contribution in [2.45, 2.75) is 42.7 Å². The highest BCUT2D eigenvalue weighted by atomic mass is 32.2. The smallest absolute Gasteiger partial charge is 0.230 e. The Morgan fingerprint density at radius 1 is 1.12 bits per heavy atom. The highest BCUT2D eigenvalue weighted by molar-refractivity contribution is 8.00. The van der Waals surface area contributed by atoms with Gasteiger partial charge in [-0.05, 0) is 37.1 Å². The lowest BCUT2D eigenvalue weighted by atomic mass is 9.79. The summed E-state index contributed by atoms with van der Waals surface area (Å²) in [6, 6.07) is 6.08. The molecule has 5 rings (SSSR count). The van der Waals surface area contributed by atoms with Gasteiger partial charge in [0.2, 0.25) is 5.91 Å². The van der Waals surface area contributed by atoms with Gasteiger partial charge in [-0.2, -0.15) is 5.10 Å². The molecule has 0 atom stereocenters. The number of halogens is 1. The van der Waals surface area contributed by atoms with Crippen molar-refractivity contribution in [3.05, 3.63) is 42.6 Å². The number of aromatic nitrogens is 4. The van der Waals surface area contributed by atoms with Gasteiger partial charge < -0.3 is 10.1 Å². The van der Waals surface area contributed by atoms with Gasteiger partial charge in [-0.3, -0.25) is 9.69 Å². The number of hydrogen-bond acceptors (Lipinski definition) is 7. The summed E-state index contributed by atoms with van der Waals surface area (Å²) in [6.45, 7) is 4.07. The normalized spacial score (nSPS) is 18.7. The van der Waals surface area contributed by atoms with Crippen molar-refractivity contribution in [3.63, 3.8) is 0 Å². The quantitative estimate of drug-likeness (QED) is 0.407. The lowest BCUT2D eigenvalue weighted by Crippen LogP contribution is -2.59. The first kappa shape index (κ1) is 23.2. The molecule has 34 heavy (non-hydrogen) atoms. The van der Waals surface area contributed by atoms with Crippen LogP contribution in [-0.2, 0) is 9.53 Å². The average molecular weight is 485 g/mol. The Balaban J connectivity index is 1.23. The number of nitrogens with one attached hydrogen (secondary N) is 1. The zero-order valence-corrected chi connectivity index (χ0v) is 19.9. The average Bonchev–Trinajstić information content (AvgIpc) is 3.33. The minimum atomic E-state index is -0.305. The minimum Gasteiger partial charge on any atom is -0.379 e. The fraction of sp³-hybridized carbons (Fsp3) is 0.500. The van der Waals surface area contributed by atoms with Gasteiger partial charge in [0.05, 0.1) is 36.2 Å². The van der Waals surface area contributed by atoms with E-state index in [0.717, 1.165) is 44.5 Å². The first-order chi connectivity index (χ1) is 16.6. The summed E-state index contributed by atoms with van der Waals surface area (Å²) in [5.74, 6) is -0.0332. The summed E-state index contributed by atoms with van der Waals surface area (Å²) in [5.41, 5.74) is 1.38. The van der Waals surface area contributed by atoms with E-state index in [-0.39, 0.29) is 23.0 Å². The van der Waals surface area contributed by atoms with Crippen LogP contribution in [0.4, 0.5) is 4.39 Å². The van der Waals surface area contributed by atoms with Crippen molar-refractivity contribution in [3.8, 4) is 5.69 Å². The van der Waals surface area contributed by atoms with E-state index in [1.54, 1.807) is 23.0 Å². The summed E-state index contributed by atoms with van der Waals surface area (Å²) in [5, 5.41) is 9.07. The maximum Gasteiger partial charge on any atom is 0.230 e. The van der Waals surface area contributed by atoms with Crippen molar-refractivity contribution in [2.24, 2.45) is 0 Å². The van der Waals surface area contributed by atoms with Crippen LogP contribution in [0.15, 0.2) is 41.8 Å². The molecule has 1 saturated heterocycles. The Labute approximate surface area is 202 Å². The van der Waals surface area contributed by atoms with Gasteiger partial charge in [0.15, 0.2) is 5.65 Å².